The summed E-state index contributed by atoms with van der Waals surface area (Å²) in [7, 11) is 0. The van der Waals surface area contributed by atoms with Gasteiger partial charge in [0.25, 0.3) is 17.7 Å². The van der Waals surface area contributed by atoms with Gasteiger partial charge in [0.1, 0.15) is 17.9 Å². The normalized spacial score (nSPS) is 23.0. The van der Waals surface area contributed by atoms with Gasteiger partial charge in [-0.25, -0.2) is 0 Å². The van der Waals surface area contributed by atoms with E-state index >= 15 is 0 Å². The first kappa shape index (κ1) is 38.2. The number of ether oxygens (including phenoxy) is 1. The number of carbonyl (C=O) groups is 5. The molecule has 3 aromatic carbocycles. The number of amides is 5. The number of nitrogens with zero attached hydrogens (tertiary/aromatic N) is 5. The van der Waals surface area contributed by atoms with E-state index < -0.39 is 35.9 Å². The van der Waals surface area contributed by atoms with Crippen LogP contribution in [-0.4, -0.2) is 95.8 Å². The number of hydrogen-bond donors (Lipinski definition) is 1. The smallest absolute Gasteiger partial charge is 0.262 e. The first-order chi connectivity index (χ1) is 27.5. The summed E-state index contributed by atoms with van der Waals surface area (Å²) in [6.45, 7) is 7.36. The number of carbonyl (C=O) groups excluding carboxylic acids is 5. The Morgan fingerprint density at radius 2 is 1.65 bits per heavy atom. The maximum absolute atomic E-state index is 13.7. The van der Waals surface area contributed by atoms with Gasteiger partial charge in [-0.3, -0.25) is 34.2 Å². The largest absolute Gasteiger partial charge is 0.470 e. The van der Waals surface area contributed by atoms with Crippen molar-refractivity contribution in [3.8, 4) is 23.7 Å². The molecular formula is C44H43ClN6O6. The lowest BCUT2D eigenvalue weighted by Crippen LogP contribution is -2.54. The van der Waals surface area contributed by atoms with Crippen LogP contribution in [0.4, 0.5) is 5.69 Å². The van der Waals surface area contributed by atoms with Gasteiger partial charge in [0.15, 0.2) is 6.23 Å². The fourth-order valence-electron chi connectivity index (χ4n) is 8.50. The van der Waals surface area contributed by atoms with Gasteiger partial charge in [-0.15, -0.1) is 0 Å². The molecule has 57 heavy (non-hydrogen) atoms. The predicted molar refractivity (Wildman–Crippen MR) is 211 cm³/mol. The molecule has 1 N–H and O–H groups in total. The molecule has 0 saturated carbocycles. The van der Waals surface area contributed by atoms with Crippen LogP contribution >= 0.6 is 11.6 Å². The van der Waals surface area contributed by atoms with Gasteiger partial charge in [0.2, 0.25) is 11.8 Å². The number of benzene rings is 3. The fourth-order valence-corrected chi connectivity index (χ4v) is 8.72. The molecule has 0 spiro atoms. The minimum atomic E-state index is -0.973. The molecule has 3 aromatic rings. The van der Waals surface area contributed by atoms with Crippen LogP contribution in [0.15, 0.2) is 60.7 Å². The Kier molecular flexibility index (Phi) is 10.8. The van der Waals surface area contributed by atoms with Crippen molar-refractivity contribution in [2.75, 3.05) is 44.2 Å². The highest BCUT2D eigenvalue weighted by molar-refractivity contribution is 6.31. The molecule has 12 nitrogen and oxygen atoms in total. The summed E-state index contributed by atoms with van der Waals surface area (Å²) in [6.07, 6.45) is 3.41. The Morgan fingerprint density at radius 3 is 2.37 bits per heavy atom. The van der Waals surface area contributed by atoms with Crippen molar-refractivity contribution < 1.29 is 28.7 Å². The minimum absolute atomic E-state index is 0.0901. The number of halogens is 1. The van der Waals surface area contributed by atoms with Crippen molar-refractivity contribution in [1.29, 1.82) is 5.26 Å². The van der Waals surface area contributed by atoms with Crippen LogP contribution in [0.25, 0.3) is 0 Å². The topological polar surface area (TPSA) is 143 Å². The molecule has 5 aliphatic heterocycles. The average molecular weight is 787 g/mol. The van der Waals surface area contributed by atoms with Crippen molar-refractivity contribution in [2.45, 2.75) is 57.7 Å². The maximum atomic E-state index is 13.7. The van der Waals surface area contributed by atoms with Crippen LogP contribution in [-0.2, 0) is 9.59 Å². The standard InChI is InChI=1S/C44H43ClN6O6/c1-27-2-15-40(57-34-11-9-32(22-46)37(45)21-34)50(23-27)42(54)31-7-5-28(6-8-31)3-4-29-16-18-48(19-17-29)24-30-25-49(26-30)33-10-12-35-36(20-33)44(56)51(43(35)55)38-13-14-39(52)47-41(38)53/h5-12,20-21,27,29-30,38,40H,2,13-19,23-26H2,1H3,(H,47,52,53). The summed E-state index contributed by atoms with van der Waals surface area (Å²) in [5.41, 5.74) is 3.31. The number of piperidine rings is 3. The van der Waals surface area contributed by atoms with Gasteiger partial charge in [-0.05, 0) is 99.3 Å². The van der Waals surface area contributed by atoms with Crippen molar-refractivity contribution >= 4 is 46.8 Å². The summed E-state index contributed by atoms with van der Waals surface area (Å²) in [4.78, 5) is 71.5. The molecule has 3 atom stereocenters. The van der Waals surface area contributed by atoms with Crippen molar-refractivity contribution in [1.82, 2.24) is 20.0 Å². The molecule has 5 heterocycles. The van der Waals surface area contributed by atoms with E-state index in [1.54, 1.807) is 35.2 Å². The van der Waals surface area contributed by atoms with Gasteiger partial charge in [0.05, 0.1) is 21.7 Å². The van der Waals surface area contributed by atoms with Crippen molar-refractivity contribution in [3.63, 3.8) is 0 Å². The molecule has 4 saturated heterocycles. The maximum Gasteiger partial charge on any atom is 0.262 e. The predicted octanol–water partition coefficient (Wildman–Crippen LogP) is 5.09. The first-order valence-electron chi connectivity index (χ1n) is 19.7. The fraction of sp³-hybridized carbons (Fsp3) is 0.409. The second kappa shape index (κ2) is 16.0. The van der Waals surface area contributed by atoms with Crippen LogP contribution in [0.3, 0.4) is 0 Å². The van der Waals surface area contributed by atoms with E-state index in [2.05, 4.69) is 40.0 Å². The number of nitriles is 1. The summed E-state index contributed by atoms with van der Waals surface area (Å²) in [5, 5.41) is 11.8. The Hall–Kier alpha value is -5.69. The lowest BCUT2D eigenvalue weighted by atomic mass is 9.93. The summed E-state index contributed by atoms with van der Waals surface area (Å²) < 4.78 is 6.22. The lowest BCUT2D eigenvalue weighted by Gasteiger charge is -2.44. The second-order valence-corrected chi connectivity index (χ2v) is 16.2. The molecule has 13 heteroatoms. The van der Waals surface area contributed by atoms with E-state index in [0.29, 0.717) is 63.7 Å². The molecule has 5 aliphatic rings. The van der Waals surface area contributed by atoms with Crippen LogP contribution < -0.4 is 15.0 Å². The van der Waals surface area contributed by atoms with E-state index in [1.165, 1.54) is 0 Å². The Bertz CT molecular complexity index is 2230. The van der Waals surface area contributed by atoms with Gasteiger partial charge < -0.3 is 19.4 Å². The Labute approximate surface area is 336 Å². The van der Waals surface area contributed by atoms with Crippen LogP contribution in [0.2, 0.25) is 5.02 Å². The third-order valence-corrected chi connectivity index (χ3v) is 12.1. The van der Waals surface area contributed by atoms with Crippen LogP contribution in [0, 0.1) is 40.9 Å². The molecule has 4 fully saturated rings. The molecule has 8 rings (SSSR count). The molecule has 0 aromatic heterocycles. The average Bonchev–Trinajstić information content (AvgIpc) is 3.44. The number of fused-ring (bicyclic) bond motifs is 1. The number of anilines is 1. The molecule has 0 aliphatic carbocycles. The van der Waals surface area contributed by atoms with Gasteiger partial charge >= 0.3 is 0 Å². The molecule has 3 unspecified atom stereocenters. The highest BCUT2D eigenvalue weighted by Gasteiger charge is 2.45. The van der Waals surface area contributed by atoms with E-state index in [1.807, 2.05) is 30.3 Å². The zero-order chi connectivity index (χ0) is 39.8. The van der Waals surface area contributed by atoms with Crippen molar-refractivity contribution in [3.05, 3.63) is 93.5 Å². The highest BCUT2D eigenvalue weighted by atomic mass is 35.5. The molecule has 0 bridgehead atoms. The first-order valence-corrected chi connectivity index (χ1v) is 20.0. The molecule has 292 valence electrons. The van der Waals surface area contributed by atoms with E-state index in [-0.39, 0.29) is 18.7 Å². The summed E-state index contributed by atoms with van der Waals surface area (Å²) >= 11 is 6.23. The molecule has 5 amide bonds. The molecular weight excluding hydrogens is 744 g/mol. The second-order valence-electron chi connectivity index (χ2n) is 15.8. The summed E-state index contributed by atoms with van der Waals surface area (Å²) in [5.74, 6) is 6.38. The Morgan fingerprint density at radius 1 is 0.895 bits per heavy atom. The number of imide groups is 2. The van der Waals surface area contributed by atoms with Crippen molar-refractivity contribution in [2.24, 2.45) is 17.8 Å². The van der Waals surface area contributed by atoms with Gasteiger partial charge in [0, 0.05) is 73.7 Å². The number of likely N-dealkylation sites (tertiary alicyclic amines) is 2. The quantitative estimate of drug-likeness (QED) is 0.256. The lowest BCUT2D eigenvalue weighted by molar-refractivity contribution is -0.136. The van der Waals surface area contributed by atoms with E-state index in [9.17, 15) is 29.2 Å². The third-order valence-electron chi connectivity index (χ3n) is 11.8. The number of rotatable bonds is 7. The third kappa shape index (κ3) is 7.98. The monoisotopic (exact) mass is 786 g/mol. The summed E-state index contributed by atoms with van der Waals surface area (Å²) in [6, 6.07) is 18.8. The van der Waals surface area contributed by atoms with Crippen LogP contribution in [0.5, 0.6) is 5.75 Å². The van der Waals surface area contributed by atoms with E-state index in [4.69, 9.17) is 16.3 Å². The van der Waals surface area contributed by atoms with E-state index in [0.717, 1.165) is 68.1 Å². The zero-order valence-corrected chi connectivity index (χ0v) is 32.5. The van der Waals surface area contributed by atoms with Gasteiger partial charge in [-0.1, -0.05) is 30.4 Å². The number of hydrogen-bond acceptors (Lipinski definition) is 9. The van der Waals surface area contributed by atoms with Crippen LogP contribution in [0.1, 0.15) is 87.6 Å². The molecule has 0 radical (unpaired) electrons. The Balaban J connectivity index is 0.798. The highest BCUT2D eigenvalue weighted by Crippen LogP contribution is 2.34. The zero-order valence-electron chi connectivity index (χ0n) is 31.7. The number of nitrogens with one attached hydrogen (secondary N) is 1. The SMILES string of the molecule is CC1CCC(Oc2ccc(C#N)c(Cl)c2)N(C(=O)c2ccc(C#CC3CCN(CC4CN(c5ccc6c(c5)C(=O)N(C5CCC(=O)NC5=O)C6=O)C4)CC3)cc2)C1. The van der Waals surface area contributed by atoms with Gasteiger partial charge in [-0.2, -0.15) is 5.26 Å². The minimum Gasteiger partial charge on any atom is -0.470 e.